The van der Waals surface area contributed by atoms with Crippen LogP contribution in [-0.2, 0) is 14.2 Å². The maximum atomic E-state index is 14.6. The van der Waals surface area contributed by atoms with Crippen LogP contribution in [0.4, 0.5) is 9.18 Å². The largest absolute Gasteiger partial charge is 0.481 e. The molecule has 1 fully saturated rings. The van der Waals surface area contributed by atoms with Gasteiger partial charge in [-0.1, -0.05) is 24.6 Å². The maximum absolute atomic E-state index is 14.6. The molecule has 10 heteroatoms. The number of fused-ring (bicyclic) bond motifs is 1. The minimum absolute atomic E-state index is 0.108. The van der Waals surface area contributed by atoms with Crippen LogP contribution in [0.3, 0.4) is 0 Å². The molecule has 9 nitrogen and oxygen atoms in total. The Hall–Kier alpha value is -3.92. The number of halogens is 1. The van der Waals surface area contributed by atoms with Crippen molar-refractivity contribution in [2.75, 3.05) is 13.7 Å². The average molecular weight is 510 g/mol. The molecule has 2 aliphatic heterocycles. The van der Waals surface area contributed by atoms with E-state index in [0.717, 1.165) is 24.6 Å². The summed E-state index contributed by atoms with van der Waals surface area (Å²) in [6.45, 7) is 0.330. The van der Waals surface area contributed by atoms with Gasteiger partial charge in [-0.2, -0.15) is 0 Å². The van der Waals surface area contributed by atoms with Crippen LogP contribution in [0, 0.1) is 5.82 Å². The third-order valence-corrected chi connectivity index (χ3v) is 6.50. The summed E-state index contributed by atoms with van der Waals surface area (Å²) in [7, 11) is 1.47. The van der Waals surface area contributed by atoms with Gasteiger partial charge in [-0.05, 0) is 43.7 Å². The fraction of sp³-hybridized carbons (Fsp3) is 0.370. The Labute approximate surface area is 213 Å². The normalized spacial score (nSPS) is 20.0. The highest BCUT2D eigenvalue weighted by Gasteiger charge is 2.36. The highest BCUT2D eigenvalue weighted by atomic mass is 19.1. The average Bonchev–Trinajstić information content (AvgIpc) is 3.31. The summed E-state index contributed by atoms with van der Waals surface area (Å²) in [6.07, 6.45) is 12.1. The van der Waals surface area contributed by atoms with Crippen LogP contribution in [0.2, 0.25) is 0 Å². The quantitative estimate of drug-likeness (QED) is 0.463. The van der Waals surface area contributed by atoms with E-state index in [2.05, 4.69) is 16.0 Å². The standard InChI is InChI=1S/C27H28FN3O6/c1-34-23-12-11-20-26(30-23)25(19(28)13-29-20)21(32)10-6-5-9-18-14-31(27(33)36-18)24-16-35-15-22(37-24)17-7-3-2-4-8-17/h2-3,7,11-13,15-16,18,21,32H,4-6,8-10,14H2,1H3/t18-,21-/m0/s1. The molecule has 0 bridgehead atoms. The van der Waals surface area contributed by atoms with E-state index in [-0.39, 0.29) is 17.2 Å². The first kappa shape index (κ1) is 24.8. The Morgan fingerprint density at radius 3 is 3.00 bits per heavy atom. The molecular weight excluding hydrogens is 481 g/mol. The summed E-state index contributed by atoms with van der Waals surface area (Å²) < 4.78 is 36.6. The summed E-state index contributed by atoms with van der Waals surface area (Å²) in [6, 6.07) is 3.31. The van der Waals surface area contributed by atoms with E-state index < -0.39 is 18.0 Å². The zero-order valence-electron chi connectivity index (χ0n) is 20.4. The van der Waals surface area contributed by atoms with E-state index in [4.69, 9.17) is 18.9 Å². The minimum Gasteiger partial charge on any atom is -0.481 e. The second kappa shape index (κ2) is 11.0. The second-order valence-corrected chi connectivity index (χ2v) is 8.99. The van der Waals surface area contributed by atoms with Crippen LogP contribution in [0.15, 0.2) is 66.3 Å². The van der Waals surface area contributed by atoms with Gasteiger partial charge in [-0.3, -0.25) is 4.98 Å². The number of methoxy groups -OCH3 is 1. The number of ether oxygens (including phenoxy) is 4. The fourth-order valence-electron chi connectivity index (χ4n) is 4.56. The number of carbonyl (C=O) groups excluding carboxylic acids is 1. The molecule has 0 aromatic carbocycles. The lowest BCUT2D eigenvalue weighted by Gasteiger charge is -2.23. The Bertz CT molecular complexity index is 1300. The van der Waals surface area contributed by atoms with E-state index in [1.807, 2.05) is 12.2 Å². The molecule has 1 amide bonds. The zero-order chi connectivity index (χ0) is 25.8. The topological polar surface area (TPSA) is 103 Å². The first-order valence-corrected chi connectivity index (χ1v) is 12.3. The molecule has 2 aromatic heterocycles. The van der Waals surface area contributed by atoms with Crippen LogP contribution in [0.1, 0.15) is 50.2 Å². The summed E-state index contributed by atoms with van der Waals surface area (Å²) in [5.74, 6) is 0.574. The number of hydrogen-bond donors (Lipinski definition) is 1. The van der Waals surface area contributed by atoms with Crippen LogP contribution >= 0.6 is 0 Å². The molecule has 0 saturated carbocycles. The first-order valence-electron chi connectivity index (χ1n) is 12.3. The molecule has 1 saturated heterocycles. The predicted octanol–water partition coefficient (Wildman–Crippen LogP) is 5.16. The number of nitrogens with zero attached hydrogens (tertiary/aromatic N) is 3. The van der Waals surface area contributed by atoms with Crippen LogP contribution < -0.4 is 4.74 Å². The van der Waals surface area contributed by atoms with Crippen molar-refractivity contribution >= 4 is 17.1 Å². The molecule has 0 unspecified atom stereocenters. The smallest absolute Gasteiger partial charge is 0.417 e. The predicted molar refractivity (Wildman–Crippen MR) is 131 cm³/mol. The Morgan fingerprint density at radius 2 is 2.19 bits per heavy atom. The van der Waals surface area contributed by atoms with Gasteiger partial charge in [0, 0.05) is 11.6 Å². The molecule has 4 heterocycles. The van der Waals surface area contributed by atoms with Crippen molar-refractivity contribution in [3.8, 4) is 5.88 Å². The zero-order valence-corrected chi connectivity index (χ0v) is 20.4. The van der Waals surface area contributed by atoms with Gasteiger partial charge in [-0.25, -0.2) is 19.1 Å². The first-order chi connectivity index (χ1) is 18.0. The van der Waals surface area contributed by atoms with E-state index >= 15 is 0 Å². The van der Waals surface area contributed by atoms with Crippen molar-refractivity contribution in [2.24, 2.45) is 0 Å². The lowest BCUT2D eigenvalue weighted by atomic mass is 10.0. The number of cyclic esters (lactones) is 1. The summed E-state index contributed by atoms with van der Waals surface area (Å²) >= 11 is 0. The number of pyridine rings is 2. The van der Waals surface area contributed by atoms with Crippen molar-refractivity contribution < 1.29 is 33.2 Å². The molecule has 0 spiro atoms. The third-order valence-electron chi connectivity index (χ3n) is 6.50. The Balaban J connectivity index is 1.13. The number of aliphatic hydroxyl groups excluding tert-OH is 1. The van der Waals surface area contributed by atoms with Crippen molar-refractivity contribution in [3.05, 3.63) is 77.7 Å². The lowest BCUT2D eigenvalue weighted by molar-refractivity contribution is 0.115. The van der Waals surface area contributed by atoms with Gasteiger partial charge >= 0.3 is 6.09 Å². The van der Waals surface area contributed by atoms with E-state index in [9.17, 15) is 14.3 Å². The highest BCUT2D eigenvalue weighted by molar-refractivity contribution is 5.78. The minimum atomic E-state index is -1.06. The van der Waals surface area contributed by atoms with Gasteiger partial charge in [0.25, 0.3) is 0 Å². The van der Waals surface area contributed by atoms with Gasteiger partial charge < -0.3 is 24.1 Å². The molecular formula is C27H28FN3O6. The molecule has 1 N–H and O–H groups in total. The fourth-order valence-corrected chi connectivity index (χ4v) is 4.56. The van der Waals surface area contributed by atoms with Crippen LogP contribution in [0.25, 0.3) is 11.0 Å². The van der Waals surface area contributed by atoms with E-state index in [1.54, 1.807) is 12.1 Å². The highest BCUT2D eigenvalue weighted by Crippen LogP contribution is 2.32. The van der Waals surface area contributed by atoms with Crippen molar-refractivity contribution in [2.45, 2.75) is 50.7 Å². The Morgan fingerprint density at radius 1 is 1.30 bits per heavy atom. The molecule has 37 heavy (non-hydrogen) atoms. The number of amides is 1. The number of aliphatic hydroxyl groups is 1. The van der Waals surface area contributed by atoms with Crippen molar-refractivity contribution in [3.63, 3.8) is 0 Å². The summed E-state index contributed by atoms with van der Waals surface area (Å²) in [5, 5.41) is 10.7. The molecule has 2 atom stereocenters. The Kier molecular flexibility index (Phi) is 7.36. The van der Waals surface area contributed by atoms with Crippen LogP contribution in [0.5, 0.6) is 5.88 Å². The number of aromatic nitrogens is 2. The molecule has 5 rings (SSSR count). The van der Waals surface area contributed by atoms with E-state index in [0.29, 0.717) is 55.3 Å². The number of allylic oxidation sites excluding steroid dienone is 4. The molecule has 3 aliphatic rings. The van der Waals surface area contributed by atoms with Crippen molar-refractivity contribution in [1.29, 1.82) is 0 Å². The molecule has 0 radical (unpaired) electrons. The van der Waals surface area contributed by atoms with Gasteiger partial charge in [0.15, 0.2) is 12.0 Å². The van der Waals surface area contributed by atoms with E-state index in [1.165, 1.54) is 24.5 Å². The lowest BCUT2D eigenvalue weighted by Crippen LogP contribution is -2.27. The van der Waals surface area contributed by atoms with Gasteiger partial charge in [0.05, 0.1) is 31.5 Å². The maximum Gasteiger partial charge on any atom is 0.417 e. The number of unbranched alkanes of at least 4 members (excludes halogenated alkanes) is 1. The SMILES string of the molecule is COc1ccc2ncc(F)c([C@@H](O)CCCC[C@H]3CN(C4=COC=C(C5=CC=CCC5)O4)C(=O)O3)c2n1. The van der Waals surface area contributed by atoms with Gasteiger partial charge in [0.1, 0.15) is 23.7 Å². The van der Waals surface area contributed by atoms with Crippen LogP contribution in [-0.4, -0.2) is 45.8 Å². The summed E-state index contributed by atoms with van der Waals surface area (Å²) in [4.78, 5) is 22.2. The second-order valence-electron chi connectivity index (χ2n) is 8.99. The number of carbonyl (C=O) groups is 1. The van der Waals surface area contributed by atoms with Gasteiger partial charge in [-0.15, -0.1) is 0 Å². The van der Waals surface area contributed by atoms with Gasteiger partial charge in [0.2, 0.25) is 11.8 Å². The summed E-state index contributed by atoms with van der Waals surface area (Å²) in [5.41, 5.74) is 1.87. The monoisotopic (exact) mass is 509 g/mol. The number of rotatable bonds is 9. The third kappa shape index (κ3) is 5.43. The number of hydrogen-bond acceptors (Lipinski definition) is 8. The molecule has 194 valence electrons. The molecule has 1 aliphatic carbocycles. The molecule has 2 aromatic rings. The van der Waals surface area contributed by atoms with Crippen molar-refractivity contribution in [1.82, 2.24) is 14.9 Å².